The number of carboxylic acid groups (broad SMARTS) is 1. The van der Waals surface area contributed by atoms with E-state index in [-0.39, 0.29) is 10.0 Å². The Morgan fingerprint density at radius 3 is 2.57 bits per heavy atom. The molecule has 0 saturated heterocycles. The van der Waals surface area contributed by atoms with Crippen molar-refractivity contribution in [2.24, 2.45) is 0 Å². The lowest BCUT2D eigenvalue weighted by atomic mass is 9.98. The van der Waals surface area contributed by atoms with E-state index in [2.05, 4.69) is 15.9 Å². The quantitative estimate of drug-likeness (QED) is 0.892. The molecular formula is C9H7BrF2O2. The summed E-state index contributed by atoms with van der Waals surface area (Å²) in [7, 11) is 0. The van der Waals surface area contributed by atoms with Gasteiger partial charge in [0.05, 0.1) is 4.47 Å². The molecule has 0 aliphatic rings. The Labute approximate surface area is 87.7 Å². The lowest BCUT2D eigenvalue weighted by Gasteiger charge is -2.15. The van der Waals surface area contributed by atoms with Gasteiger partial charge in [0.1, 0.15) is 5.82 Å². The van der Waals surface area contributed by atoms with Gasteiger partial charge in [0.25, 0.3) is 0 Å². The number of hydrogen-bond acceptors (Lipinski definition) is 1. The van der Waals surface area contributed by atoms with Crippen molar-refractivity contribution in [3.05, 3.63) is 34.1 Å². The summed E-state index contributed by atoms with van der Waals surface area (Å²) in [6.45, 7) is 0.912. The Hall–Kier alpha value is -0.970. The van der Waals surface area contributed by atoms with Crippen molar-refractivity contribution in [1.29, 1.82) is 0 Å². The van der Waals surface area contributed by atoms with Gasteiger partial charge in [-0.2, -0.15) is 0 Å². The molecule has 1 aromatic carbocycles. The van der Waals surface area contributed by atoms with E-state index in [1.54, 1.807) is 0 Å². The highest BCUT2D eigenvalue weighted by molar-refractivity contribution is 9.10. The van der Waals surface area contributed by atoms with Crippen LogP contribution in [0.4, 0.5) is 8.78 Å². The summed E-state index contributed by atoms with van der Waals surface area (Å²) in [6.07, 6.45) is 0. The standard InChI is InChI=1S/C9H7BrF2O2/c1-9(12,8(13)14)5-2-3-7(11)6(10)4-5/h2-4H,1H3,(H,13,14). The van der Waals surface area contributed by atoms with Crippen LogP contribution in [-0.2, 0) is 10.5 Å². The van der Waals surface area contributed by atoms with Crippen LogP contribution in [0.2, 0.25) is 0 Å². The first-order valence-electron chi connectivity index (χ1n) is 3.73. The minimum Gasteiger partial charge on any atom is -0.479 e. The van der Waals surface area contributed by atoms with E-state index in [0.717, 1.165) is 25.1 Å². The second-order valence-corrected chi connectivity index (χ2v) is 3.79. The predicted octanol–water partition coefficient (Wildman–Crippen LogP) is 2.86. The molecule has 0 amide bonds. The smallest absolute Gasteiger partial charge is 0.345 e. The van der Waals surface area contributed by atoms with Crippen molar-refractivity contribution < 1.29 is 18.7 Å². The second kappa shape index (κ2) is 3.65. The van der Waals surface area contributed by atoms with Crippen LogP contribution < -0.4 is 0 Å². The summed E-state index contributed by atoms with van der Waals surface area (Å²) in [5, 5.41) is 8.57. The Balaban J connectivity index is 3.21. The topological polar surface area (TPSA) is 37.3 Å². The lowest BCUT2D eigenvalue weighted by Crippen LogP contribution is -2.26. The summed E-state index contributed by atoms with van der Waals surface area (Å²) in [5.74, 6) is -2.16. The molecule has 14 heavy (non-hydrogen) atoms. The number of hydrogen-bond donors (Lipinski definition) is 1. The normalized spacial score (nSPS) is 14.9. The molecule has 1 atom stereocenters. The van der Waals surface area contributed by atoms with E-state index in [1.165, 1.54) is 0 Å². The highest BCUT2D eigenvalue weighted by atomic mass is 79.9. The molecule has 0 spiro atoms. The number of halogens is 3. The third-order valence-corrected chi connectivity index (χ3v) is 2.47. The molecule has 1 unspecified atom stereocenters. The predicted molar refractivity (Wildman–Crippen MR) is 50.2 cm³/mol. The fourth-order valence-corrected chi connectivity index (χ4v) is 1.29. The Morgan fingerprint density at radius 1 is 1.57 bits per heavy atom. The van der Waals surface area contributed by atoms with Gasteiger partial charge in [-0.05, 0) is 35.0 Å². The van der Waals surface area contributed by atoms with Crippen molar-refractivity contribution in [3.8, 4) is 0 Å². The average Bonchev–Trinajstić information content (AvgIpc) is 2.09. The zero-order valence-electron chi connectivity index (χ0n) is 7.22. The van der Waals surface area contributed by atoms with Gasteiger partial charge < -0.3 is 5.11 Å². The van der Waals surface area contributed by atoms with Crippen molar-refractivity contribution in [2.75, 3.05) is 0 Å². The molecule has 0 aliphatic heterocycles. The highest BCUT2D eigenvalue weighted by Crippen LogP contribution is 2.29. The maximum absolute atomic E-state index is 13.5. The summed E-state index contributed by atoms with van der Waals surface area (Å²) in [6, 6.07) is 3.23. The van der Waals surface area contributed by atoms with Gasteiger partial charge in [0.15, 0.2) is 0 Å². The fraction of sp³-hybridized carbons (Fsp3) is 0.222. The van der Waals surface area contributed by atoms with Crippen LogP contribution >= 0.6 is 15.9 Å². The van der Waals surface area contributed by atoms with Crippen LogP contribution in [0.25, 0.3) is 0 Å². The molecule has 0 saturated carbocycles. The van der Waals surface area contributed by atoms with Gasteiger partial charge in [-0.1, -0.05) is 6.07 Å². The molecule has 0 aliphatic carbocycles. The van der Waals surface area contributed by atoms with Crippen LogP contribution in [0.1, 0.15) is 12.5 Å². The molecule has 0 fully saturated rings. The molecule has 1 rings (SSSR count). The van der Waals surface area contributed by atoms with Gasteiger partial charge in [0.2, 0.25) is 5.67 Å². The zero-order chi connectivity index (χ0) is 10.9. The van der Waals surface area contributed by atoms with E-state index in [9.17, 15) is 13.6 Å². The van der Waals surface area contributed by atoms with Gasteiger partial charge in [-0.25, -0.2) is 13.6 Å². The minimum atomic E-state index is -2.50. The largest absolute Gasteiger partial charge is 0.479 e. The maximum Gasteiger partial charge on any atom is 0.345 e. The minimum absolute atomic E-state index is 0.0418. The molecule has 0 heterocycles. The molecular weight excluding hydrogens is 258 g/mol. The number of carboxylic acids is 1. The van der Waals surface area contributed by atoms with Crippen LogP contribution in [0.5, 0.6) is 0 Å². The molecule has 2 nitrogen and oxygen atoms in total. The van der Waals surface area contributed by atoms with E-state index in [1.807, 2.05) is 0 Å². The molecule has 0 bridgehead atoms. The Kier molecular flexibility index (Phi) is 2.89. The maximum atomic E-state index is 13.5. The summed E-state index contributed by atoms with van der Waals surface area (Å²) < 4.78 is 26.3. The van der Waals surface area contributed by atoms with E-state index >= 15 is 0 Å². The summed E-state index contributed by atoms with van der Waals surface area (Å²) in [4.78, 5) is 10.5. The molecule has 0 radical (unpaired) electrons. The second-order valence-electron chi connectivity index (χ2n) is 2.94. The van der Waals surface area contributed by atoms with Crippen LogP contribution in [-0.4, -0.2) is 11.1 Å². The van der Waals surface area contributed by atoms with Crippen molar-refractivity contribution in [1.82, 2.24) is 0 Å². The monoisotopic (exact) mass is 264 g/mol. The first kappa shape index (κ1) is 11.1. The number of alkyl halides is 1. The summed E-state index contributed by atoms with van der Waals surface area (Å²) in [5.41, 5.74) is -2.60. The molecule has 1 aromatic rings. The van der Waals surface area contributed by atoms with Gasteiger partial charge in [-0.3, -0.25) is 0 Å². The number of aliphatic carboxylic acids is 1. The number of carbonyl (C=O) groups is 1. The highest BCUT2D eigenvalue weighted by Gasteiger charge is 2.35. The SMILES string of the molecule is CC(F)(C(=O)O)c1ccc(F)c(Br)c1. The van der Waals surface area contributed by atoms with E-state index in [0.29, 0.717) is 0 Å². The molecule has 1 N–H and O–H groups in total. The first-order chi connectivity index (χ1) is 6.35. The molecule has 76 valence electrons. The van der Waals surface area contributed by atoms with Crippen LogP contribution in [0, 0.1) is 5.82 Å². The lowest BCUT2D eigenvalue weighted by molar-refractivity contribution is -0.150. The van der Waals surface area contributed by atoms with Gasteiger partial charge in [0, 0.05) is 5.56 Å². The average molecular weight is 265 g/mol. The number of rotatable bonds is 2. The summed E-state index contributed by atoms with van der Waals surface area (Å²) >= 11 is 2.85. The van der Waals surface area contributed by atoms with Crippen molar-refractivity contribution in [3.63, 3.8) is 0 Å². The Morgan fingerprint density at radius 2 is 2.14 bits per heavy atom. The van der Waals surface area contributed by atoms with Crippen molar-refractivity contribution >= 4 is 21.9 Å². The van der Waals surface area contributed by atoms with Gasteiger partial charge in [-0.15, -0.1) is 0 Å². The van der Waals surface area contributed by atoms with Crippen LogP contribution in [0.3, 0.4) is 0 Å². The molecule has 5 heteroatoms. The fourth-order valence-electron chi connectivity index (χ4n) is 0.912. The van der Waals surface area contributed by atoms with E-state index < -0.39 is 17.5 Å². The van der Waals surface area contributed by atoms with Gasteiger partial charge >= 0.3 is 5.97 Å². The molecule has 0 aromatic heterocycles. The third kappa shape index (κ3) is 1.92. The third-order valence-electron chi connectivity index (χ3n) is 1.86. The first-order valence-corrected chi connectivity index (χ1v) is 4.53. The van der Waals surface area contributed by atoms with Crippen LogP contribution in [0.15, 0.2) is 22.7 Å². The Bertz CT molecular complexity index is 377. The zero-order valence-corrected chi connectivity index (χ0v) is 8.81. The number of benzene rings is 1. The van der Waals surface area contributed by atoms with Crippen molar-refractivity contribution in [2.45, 2.75) is 12.6 Å². The van der Waals surface area contributed by atoms with E-state index in [4.69, 9.17) is 5.11 Å².